The smallest absolute Gasteiger partial charge is 0.330 e. The summed E-state index contributed by atoms with van der Waals surface area (Å²) >= 11 is 0. The fraction of sp³-hybridized carbons (Fsp3) is 0.467. The van der Waals surface area contributed by atoms with Crippen molar-refractivity contribution in [2.45, 2.75) is 32.7 Å². The minimum Gasteiger partial charge on any atom is -0.493 e. The Balaban J connectivity index is 2.21. The molecule has 0 aromatic heterocycles. The van der Waals surface area contributed by atoms with Crippen molar-refractivity contribution in [2.24, 2.45) is 5.92 Å². The van der Waals surface area contributed by atoms with E-state index < -0.39 is 12.0 Å². The molecule has 1 heterocycles. The van der Waals surface area contributed by atoms with Crippen LogP contribution in [-0.4, -0.2) is 23.6 Å². The number of hydrogen-bond donors (Lipinski definition) is 2. The quantitative estimate of drug-likeness (QED) is 0.862. The van der Waals surface area contributed by atoms with Crippen LogP contribution in [0.1, 0.15) is 37.4 Å². The number of hydrogen-bond acceptors (Lipinski definition) is 3. The number of aliphatic carboxylic acids is 1. The molecule has 1 aliphatic rings. The molecule has 0 saturated carbocycles. The van der Waals surface area contributed by atoms with Crippen LogP contribution in [0.3, 0.4) is 0 Å². The molecule has 2 atom stereocenters. The van der Waals surface area contributed by atoms with Crippen molar-refractivity contribution in [1.82, 2.24) is 5.32 Å². The Labute approximate surface area is 117 Å². The molecule has 2 N–H and O–H groups in total. The molecule has 2 unspecified atom stereocenters. The molecular weight excluding hydrogens is 258 g/mol. The molecule has 1 aliphatic heterocycles. The average Bonchev–Trinajstić information content (AvgIpc) is 2.90. The first-order valence-electron chi connectivity index (χ1n) is 6.81. The minimum absolute atomic E-state index is 0.199. The maximum atomic E-state index is 11.9. The summed E-state index contributed by atoms with van der Waals surface area (Å²) in [5.41, 5.74) is 1.57. The molecule has 108 valence electrons. The van der Waals surface area contributed by atoms with E-state index in [1.54, 1.807) is 25.1 Å². The lowest BCUT2D eigenvalue weighted by atomic mass is 10.0. The predicted octanol–water partition coefficient (Wildman–Crippen LogP) is 1.91. The summed E-state index contributed by atoms with van der Waals surface area (Å²) < 4.78 is 5.40. The molecule has 0 saturated heterocycles. The zero-order valence-electron chi connectivity index (χ0n) is 11.7. The molecule has 0 bridgehead atoms. The summed E-state index contributed by atoms with van der Waals surface area (Å²) in [7, 11) is 0. The monoisotopic (exact) mass is 277 g/mol. The number of carbonyl (C=O) groups is 2. The molecule has 1 aromatic carbocycles. The van der Waals surface area contributed by atoms with Gasteiger partial charge in [-0.25, -0.2) is 4.79 Å². The molecule has 5 nitrogen and oxygen atoms in total. The largest absolute Gasteiger partial charge is 0.493 e. The minimum atomic E-state index is -1.06. The van der Waals surface area contributed by atoms with Crippen LogP contribution >= 0.6 is 0 Å². The topological polar surface area (TPSA) is 75.6 Å². The Bertz CT molecular complexity index is 527. The van der Waals surface area contributed by atoms with Gasteiger partial charge in [0.15, 0.2) is 6.04 Å². The van der Waals surface area contributed by atoms with E-state index in [9.17, 15) is 14.7 Å². The third-order valence-corrected chi connectivity index (χ3v) is 3.64. The van der Waals surface area contributed by atoms with Crippen molar-refractivity contribution in [3.63, 3.8) is 0 Å². The third kappa shape index (κ3) is 2.92. The summed E-state index contributed by atoms with van der Waals surface area (Å²) in [6.07, 6.45) is 1.45. The molecule has 1 aromatic rings. The van der Waals surface area contributed by atoms with Crippen LogP contribution in [0, 0.1) is 5.92 Å². The van der Waals surface area contributed by atoms with E-state index in [4.69, 9.17) is 4.74 Å². The highest BCUT2D eigenvalue weighted by atomic mass is 16.5. The zero-order valence-corrected chi connectivity index (χ0v) is 11.7. The van der Waals surface area contributed by atoms with Crippen LogP contribution in [0.2, 0.25) is 0 Å². The van der Waals surface area contributed by atoms with Gasteiger partial charge >= 0.3 is 5.97 Å². The maximum Gasteiger partial charge on any atom is 0.330 e. The highest BCUT2D eigenvalue weighted by Gasteiger charge is 2.25. The second-order valence-electron chi connectivity index (χ2n) is 5.05. The first-order valence-corrected chi connectivity index (χ1v) is 6.81. The van der Waals surface area contributed by atoms with Crippen LogP contribution in [0.4, 0.5) is 0 Å². The number of ether oxygens (including phenoxy) is 1. The lowest BCUT2D eigenvalue weighted by Crippen LogP contribution is -2.36. The number of rotatable bonds is 5. The summed E-state index contributed by atoms with van der Waals surface area (Å²) in [5.74, 6) is -0.696. The molecule has 2 rings (SSSR count). The molecule has 0 radical (unpaired) electrons. The van der Waals surface area contributed by atoms with Gasteiger partial charge in [0, 0.05) is 12.3 Å². The van der Waals surface area contributed by atoms with Crippen LogP contribution in [0.25, 0.3) is 0 Å². The van der Waals surface area contributed by atoms with Crippen molar-refractivity contribution in [1.29, 1.82) is 0 Å². The number of carboxylic acids is 1. The normalized spacial score (nSPS) is 15.9. The van der Waals surface area contributed by atoms with Gasteiger partial charge in [0.1, 0.15) is 5.75 Å². The highest BCUT2D eigenvalue weighted by molar-refractivity contribution is 5.85. The molecule has 0 aliphatic carbocycles. The highest BCUT2D eigenvalue weighted by Crippen LogP contribution is 2.28. The Morgan fingerprint density at radius 1 is 1.45 bits per heavy atom. The van der Waals surface area contributed by atoms with E-state index in [0.29, 0.717) is 18.6 Å². The standard InChI is InChI=1S/C15H19NO4/c1-3-9(2)14(17)16-13(15(18)19)11-4-5-12-10(8-11)6-7-20-12/h4-5,8-9,13H,3,6-7H2,1-2H3,(H,16,17)(H,18,19). The van der Waals surface area contributed by atoms with Crippen molar-refractivity contribution >= 4 is 11.9 Å². The number of nitrogens with one attached hydrogen (secondary N) is 1. The number of amides is 1. The Morgan fingerprint density at radius 3 is 2.85 bits per heavy atom. The zero-order chi connectivity index (χ0) is 14.7. The summed E-state index contributed by atoms with van der Waals surface area (Å²) in [4.78, 5) is 23.3. The van der Waals surface area contributed by atoms with Gasteiger partial charge < -0.3 is 15.2 Å². The van der Waals surface area contributed by atoms with Crippen LogP contribution in [0.15, 0.2) is 18.2 Å². The van der Waals surface area contributed by atoms with Crippen molar-refractivity contribution in [3.05, 3.63) is 29.3 Å². The SMILES string of the molecule is CCC(C)C(=O)NC(C(=O)O)c1ccc2c(c1)CCO2. The molecule has 20 heavy (non-hydrogen) atoms. The van der Waals surface area contributed by atoms with E-state index in [1.165, 1.54) is 0 Å². The third-order valence-electron chi connectivity index (χ3n) is 3.64. The molecule has 0 fully saturated rings. The van der Waals surface area contributed by atoms with Gasteiger partial charge in [-0.05, 0) is 29.7 Å². The van der Waals surface area contributed by atoms with E-state index in [-0.39, 0.29) is 11.8 Å². The number of carboxylic acid groups (broad SMARTS) is 1. The van der Waals surface area contributed by atoms with Crippen molar-refractivity contribution in [3.8, 4) is 5.75 Å². The van der Waals surface area contributed by atoms with Gasteiger partial charge in [0.25, 0.3) is 0 Å². The summed E-state index contributed by atoms with van der Waals surface area (Å²) in [6, 6.07) is 4.25. The molecule has 0 spiro atoms. The molecular formula is C15H19NO4. The van der Waals surface area contributed by atoms with Crippen molar-refractivity contribution < 1.29 is 19.4 Å². The van der Waals surface area contributed by atoms with E-state index >= 15 is 0 Å². The Morgan fingerprint density at radius 2 is 2.20 bits per heavy atom. The van der Waals surface area contributed by atoms with Gasteiger partial charge in [-0.3, -0.25) is 4.79 Å². The van der Waals surface area contributed by atoms with Gasteiger partial charge in [-0.1, -0.05) is 19.9 Å². The van der Waals surface area contributed by atoms with E-state index in [2.05, 4.69) is 5.32 Å². The first kappa shape index (κ1) is 14.4. The Kier molecular flexibility index (Phi) is 4.27. The van der Waals surface area contributed by atoms with Crippen LogP contribution in [0.5, 0.6) is 5.75 Å². The summed E-state index contributed by atoms with van der Waals surface area (Å²) in [5, 5.41) is 11.9. The van der Waals surface area contributed by atoms with E-state index in [1.807, 2.05) is 6.92 Å². The van der Waals surface area contributed by atoms with Gasteiger partial charge in [-0.15, -0.1) is 0 Å². The molecule has 1 amide bonds. The second-order valence-corrected chi connectivity index (χ2v) is 5.05. The number of fused-ring (bicyclic) bond motifs is 1. The van der Waals surface area contributed by atoms with Crippen molar-refractivity contribution in [2.75, 3.05) is 6.61 Å². The number of benzene rings is 1. The summed E-state index contributed by atoms with van der Waals surface area (Å²) in [6.45, 7) is 4.30. The fourth-order valence-electron chi connectivity index (χ4n) is 2.14. The maximum absolute atomic E-state index is 11.9. The lowest BCUT2D eigenvalue weighted by molar-refractivity contribution is -0.142. The molecule has 5 heteroatoms. The predicted molar refractivity (Wildman–Crippen MR) is 73.6 cm³/mol. The van der Waals surface area contributed by atoms with Gasteiger partial charge in [0.2, 0.25) is 5.91 Å². The van der Waals surface area contributed by atoms with Crippen LogP contribution in [-0.2, 0) is 16.0 Å². The average molecular weight is 277 g/mol. The number of carbonyl (C=O) groups excluding carboxylic acids is 1. The van der Waals surface area contributed by atoms with Crippen LogP contribution < -0.4 is 10.1 Å². The fourth-order valence-corrected chi connectivity index (χ4v) is 2.14. The lowest BCUT2D eigenvalue weighted by Gasteiger charge is -2.18. The first-order chi connectivity index (χ1) is 9.52. The van der Waals surface area contributed by atoms with E-state index in [0.717, 1.165) is 17.7 Å². The van der Waals surface area contributed by atoms with Gasteiger partial charge in [0.05, 0.1) is 6.61 Å². The van der Waals surface area contributed by atoms with Gasteiger partial charge in [-0.2, -0.15) is 0 Å². The second kappa shape index (κ2) is 5.94. The Hall–Kier alpha value is -2.04.